The fourth-order valence-corrected chi connectivity index (χ4v) is 6.77. The average molecular weight is 611 g/mol. The van der Waals surface area contributed by atoms with Crippen molar-refractivity contribution < 1.29 is 26.4 Å². The molecule has 12 nitrogen and oxygen atoms in total. The van der Waals surface area contributed by atoms with E-state index in [-0.39, 0.29) is 45.9 Å². The third-order valence-electron chi connectivity index (χ3n) is 6.83. The SMILES string of the molecule is CC(C)CCN1C(=O)C(C2=NS(=O)(=O)c3cc(NS(=O)(=O)NCCc4ccccc4)ccc3N2)C(=O)c2cccnc21. The number of anilines is 3. The van der Waals surface area contributed by atoms with Crippen LogP contribution in [0.3, 0.4) is 0 Å². The molecular weight excluding hydrogens is 580 g/mol. The van der Waals surface area contributed by atoms with Gasteiger partial charge in [0.15, 0.2) is 11.7 Å². The van der Waals surface area contributed by atoms with Crippen molar-refractivity contribution in [1.82, 2.24) is 9.71 Å². The number of fused-ring (bicyclic) bond motifs is 2. The van der Waals surface area contributed by atoms with Gasteiger partial charge in [0, 0.05) is 19.3 Å². The molecule has 0 fully saturated rings. The van der Waals surface area contributed by atoms with Crippen molar-refractivity contribution in [3.8, 4) is 0 Å². The van der Waals surface area contributed by atoms with Crippen LogP contribution in [-0.2, 0) is 31.4 Å². The Morgan fingerprint density at radius 2 is 1.81 bits per heavy atom. The quantitative estimate of drug-likeness (QED) is 0.295. The van der Waals surface area contributed by atoms with Crippen LogP contribution in [0.1, 0.15) is 36.2 Å². The van der Waals surface area contributed by atoms with E-state index in [1.54, 1.807) is 12.1 Å². The van der Waals surface area contributed by atoms with E-state index in [2.05, 4.69) is 24.1 Å². The zero-order valence-corrected chi connectivity index (χ0v) is 24.6. The van der Waals surface area contributed by atoms with Crippen LogP contribution in [0.5, 0.6) is 0 Å². The van der Waals surface area contributed by atoms with E-state index < -0.39 is 37.8 Å². The van der Waals surface area contributed by atoms with E-state index in [1.165, 1.54) is 23.2 Å². The highest BCUT2D eigenvalue weighted by atomic mass is 32.2. The first kappa shape index (κ1) is 29.4. The monoisotopic (exact) mass is 610 g/mol. The normalized spacial score (nSPS) is 17.7. The first-order valence-corrected chi connectivity index (χ1v) is 16.3. The zero-order chi connectivity index (χ0) is 30.1. The molecule has 5 rings (SSSR count). The molecular formula is C28H30N6O6S2. The number of aromatic nitrogens is 1. The van der Waals surface area contributed by atoms with Crippen molar-refractivity contribution in [2.75, 3.05) is 28.0 Å². The highest BCUT2D eigenvalue weighted by molar-refractivity contribution is 7.91. The van der Waals surface area contributed by atoms with Gasteiger partial charge in [0.05, 0.1) is 16.9 Å². The number of nitrogens with zero attached hydrogens (tertiary/aromatic N) is 3. The van der Waals surface area contributed by atoms with Crippen LogP contribution in [0.4, 0.5) is 17.2 Å². The van der Waals surface area contributed by atoms with Gasteiger partial charge in [0.2, 0.25) is 5.91 Å². The number of hydrogen-bond donors (Lipinski definition) is 3. The Morgan fingerprint density at radius 1 is 1.05 bits per heavy atom. The lowest BCUT2D eigenvalue weighted by Crippen LogP contribution is -2.51. The minimum absolute atomic E-state index is 0.00494. The molecule has 1 unspecified atom stereocenters. The highest BCUT2D eigenvalue weighted by Gasteiger charge is 2.45. The Kier molecular flexibility index (Phi) is 8.12. The second-order valence-corrected chi connectivity index (χ2v) is 13.4. The van der Waals surface area contributed by atoms with Gasteiger partial charge in [0.25, 0.3) is 20.2 Å². The molecule has 1 aromatic heterocycles. The second-order valence-electron chi connectivity index (χ2n) is 10.4. The molecule has 1 amide bonds. The Bertz CT molecular complexity index is 1780. The maximum absolute atomic E-state index is 13.6. The van der Waals surface area contributed by atoms with E-state index in [0.717, 1.165) is 11.6 Å². The van der Waals surface area contributed by atoms with Crippen molar-refractivity contribution in [1.29, 1.82) is 0 Å². The van der Waals surface area contributed by atoms with Gasteiger partial charge in [-0.1, -0.05) is 44.2 Å². The van der Waals surface area contributed by atoms with Crippen molar-refractivity contribution >= 4 is 55.0 Å². The maximum Gasteiger partial charge on any atom is 0.299 e. The molecule has 14 heteroatoms. The van der Waals surface area contributed by atoms with Crippen LogP contribution in [0.25, 0.3) is 0 Å². The van der Waals surface area contributed by atoms with Crippen LogP contribution in [0.15, 0.2) is 76.2 Å². The number of benzene rings is 2. The third-order valence-corrected chi connectivity index (χ3v) is 9.25. The van der Waals surface area contributed by atoms with Crippen LogP contribution in [-0.4, -0.2) is 52.4 Å². The Hall–Kier alpha value is -4.14. The predicted molar refractivity (Wildman–Crippen MR) is 159 cm³/mol. The van der Waals surface area contributed by atoms with Crippen molar-refractivity contribution in [3.05, 3.63) is 78.0 Å². The van der Waals surface area contributed by atoms with E-state index in [1.807, 2.05) is 44.2 Å². The lowest BCUT2D eigenvalue weighted by molar-refractivity contribution is -0.119. The summed E-state index contributed by atoms with van der Waals surface area (Å²) in [6.45, 7) is 4.43. The molecule has 3 heterocycles. The Morgan fingerprint density at radius 3 is 2.55 bits per heavy atom. The Balaban J connectivity index is 1.37. The lowest BCUT2D eigenvalue weighted by atomic mass is 9.90. The van der Waals surface area contributed by atoms with Gasteiger partial charge >= 0.3 is 0 Å². The number of nitrogens with one attached hydrogen (secondary N) is 3. The highest BCUT2D eigenvalue weighted by Crippen LogP contribution is 2.35. The van der Waals surface area contributed by atoms with Crippen LogP contribution in [0.2, 0.25) is 0 Å². The topological polar surface area (TPSA) is 167 Å². The van der Waals surface area contributed by atoms with Gasteiger partial charge in [-0.05, 0) is 54.7 Å². The molecule has 0 radical (unpaired) electrons. The number of amides is 1. The summed E-state index contributed by atoms with van der Waals surface area (Å²) in [6.07, 6.45) is 2.60. The van der Waals surface area contributed by atoms with Gasteiger partial charge in [-0.2, -0.15) is 21.6 Å². The summed E-state index contributed by atoms with van der Waals surface area (Å²) >= 11 is 0. The molecule has 220 valence electrons. The van der Waals surface area contributed by atoms with Gasteiger partial charge in [-0.15, -0.1) is 4.40 Å². The molecule has 0 bridgehead atoms. The number of pyridine rings is 1. The van der Waals surface area contributed by atoms with E-state index in [9.17, 15) is 26.4 Å². The number of ketones is 1. The summed E-state index contributed by atoms with van der Waals surface area (Å²) in [5.74, 6) is -2.56. The van der Waals surface area contributed by atoms with Crippen LogP contribution < -0.4 is 19.7 Å². The minimum atomic E-state index is -4.41. The van der Waals surface area contributed by atoms with Gasteiger partial charge in [-0.3, -0.25) is 19.2 Å². The summed E-state index contributed by atoms with van der Waals surface area (Å²) in [4.78, 5) is 32.4. The number of hydrogen-bond acceptors (Lipinski definition) is 8. The van der Waals surface area contributed by atoms with E-state index >= 15 is 0 Å². The van der Waals surface area contributed by atoms with Gasteiger partial charge < -0.3 is 5.32 Å². The number of carbonyl (C=O) groups is 2. The molecule has 1 atom stereocenters. The summed E-state index contributed by atoms with van der Waals surface area (Å²) < 4.78 is 60.2. The smallest absolute Gasteiger partial charge is 0.299 e. The largest absolute Gasteiger partial charge is 0.341 e. The molecule has 3 aromatic rings. The first-order chi connectivity index (χ1) is 19.9. The standard InChI is InChI=1S/C28H30N6O6S2/c1-18(2)13-16-34-27-21(9-6-14-29-27)25(35)24(28(34)36)26-31-22-11-10-20(17-23(22)41(37,38)33-26)32-42(39,40)30-15-12-19-7-4-3-5-8-19/h3-11,14,17-18,24,30,32H,12-13,15-16H2,1-2H3,(H,31,33). The number of amidine groups is 1. The third kappa shape index (κ3) is 6.20. The number of rotatable bonds is 10. The summed E-state index contributed by atoms with van der Waals surface area (Å²) in [6, 6.07) is 16.3. The zero-order valence-electron chi connectivity index (χ0n) is 22.9. The number of Topliss-reactive ketones (excluding diaryl/α,β-unsaturated/α-hetero) is 1. The van der Waals surface area contributed by atoms with E-state index in [0.29, 0.717) is 19.4 Å². The van der Waals surface area contributed by atoms with Gasteiger partial charge in [-0.25, -0.2) is 4.98 Å². The van der Waals surface area contributed by atoms with Crippen molar-refractivity contribution in [3.63, 3.8) is 0 Å². The molecule has 2 aromatic carbocycles. The average Bonchev–Trinajstić information content (AvgIpc) is 2.93. The fraction of sp³-hybridized carbons (Fsp3) is 0.286. The lowest BCUT2D eigenvalue weighted by Gasteiger charge is -2.34. The molecule has 0 saturated heterocycles. The maximum atomic E-state index is 13.6. The summed E-state index contributed by atoms with van der Waals surface area (Å²) in [7, 11) is -8.42. The predicted octanol–water partition coefficient (Wildman–Crippen LogP) is 2.98. The van der Waals surface area contributed by atoms with Crippen molar-refractivity contribution in [2.24, 2.45) is 16.2 Å². The molecule has 0 spiro atoms. The summed E-state index contributed by atoms with van der Waals surface area (Å²) in [5.41, 5.74) is 1.21. The van der Waals surface area contributed by atoms with E-state index in [4.69, 9.17) is 0 Å². The van der Waals surface area contributed by atoms with Crippen molar-refractivity contribution in [2.45, 2.75) is 31.6 Å². The summed E-state index contributed by atoms with van der Waals surface area (Å²) in [5, 5.41) is 2.83. The number of carbonyl (C=O) groups excluding carboxylic acids is 2. The first-order valence-electron chi connectivity index (χ1n) is 13.3. The molecule has 42 heavy (non-hydrogen) atoms. The molecule has 2 aliphatic heterocycles. The molecule has 3 N–H and O–H groups in total. The van der Waals surface area contributed by atoms with Crippen LogP contribution >= 0.6 is 0 Å². The Labute approximate surface area is 244 Å². The molecule has 0 aliphatic carbocycles. The number of sulfonamides is 1. The molecule has 2 aliphatic rings. The van der Waals surface area contributed by atoms with Gasteiger partial charge in [0.1, 0.15) is 16.5 Å². The van der Waals surface area contributed by atoms with Crippen LogP contribution in [0, 0.1) is 11.8 Å². The minimum Gasteiger partial charge on any atom is -0.341 e. The second kappa shape index (κ2) is 11.6. The fourth-order valence-electron chi connectivity index (χ4n) is 4.71. The molecule has 0 saturated carbocycles.